The summed E-state index contributed by atoms with van der Waals surface area (Å²) in [5.41, 5.74) is 3.49. The first kappa shape index (κ1) is 20.4. The lowest BCUT2D eigenvalue weighted by Gasteiger charge is -2.17. The molecule has 0 unspecified atom stereocenters. The van der Waals surface area contributed by atoms with Crippen molar-refractivity contribution in [2.24, 2.45) is 5.92 Å². The van der Waals surface area contributed by atoms with Crippen LogP contribution in [0.15, 0.2) is 42.5 Å². The first-order valence-electron chi connectivity index (χ1n) is 9.50. The maximum Gasteiger partial charge on any atom is 0.262 e. The summed E-state index contributed by atoms with van der Waals surface area (Å²) in [6.07, 6.45) is 0.205. The molecule has 0 aliphatic carbocycles. The van der Waals surface area contributed by atoms with Gasteiger partial charge in [-0.2, -0.15) is 0 Å². The molecule has 1 heterocycles. The Labute approximate surface area is 170 Å². The molecule has 3 rings (SSSR count). The molecule has 1 aliphatic rings. The zero-order valence-corrected chi connectivity index (χ0v) is 16.8. The van der Waals surface area contributed by atoms with Crippen LogP contribution >= 0.6 is 0 Å². The van der Waals surface area contributed by atoms with Crippen molar-refractivity contribution >= 4 is 29.1 Å². The number of carbonyl (C=O) groups excluding carboxylic acids is 3. The highest BCUT2D eigenvalue weighted by Crippen LogP contribution is 2.27. The Kier molecular flexibility index (Phi) is 6.16. The summed E-state index contributed by atoms with van der Waals surface area (Å²) in [6, 6.07) is 12.8. The quantitative estimate of drug-likeness (QED) is 0.786. The van der Waals surface area contributed by atoms with Crippen LogP contribution in [-0.2, 0) is 14.4 Å². The topological polar surface area (TPSA) is 87.7 Å². The molecular weight excluding hydrogens is 370 g/mol. The van der Waals surface area contributed by atoms with E-state index in [0.29, 0.717) is 18.0 Å². The molecule has 0 saturated carbocycles. The highest BCUT2D eigenvalue weighted by atomic mass is 16.5. The Morgan fingerprint density at radius 2 is 1.76 bits per heavy atom. The fourth-order valence-electron chi connectivity index (χ4n) is 3.40. The number of aryl methyl sites for hydroxylation is 2. The Morgan fingerprint density at radius 1 is 1.10 bits per heavy atom. The largest absolute Gasteiger partial charge is 0.484 e. The normalized spacial score (nSPS) is 15.9. The lowest BCUT2D eigenvalue weighted by molar-refractivity contribution is -0.125. The van der Waals surface area contributed by atoms with E-state index in [1.54, 1.807) is 36.2 Å². The van der Waals surface area contributed by atoms with Gasteiger partial charge in [0.05, 0.1) is 5.92 Å². The van der Waals surface area contributed by atoms with Gasteiger partial charge in [0.25, 0.3) is 5.91 Å². The van der Waals surface area contributed by atoms with Crippen LogP contribution in [-0.4, -0.2) is 37.9 Å². The number of hydrogen-bond acceptors (Lipinski definition) is 4. The van der Waals surface area contributed by atoms with E-state index in [2.05, 4.69) is 10.6 Å². The molecule has 0 spiro atoms. The molecule has 2 N–H and O–H groups in total. The Morgan fingerprint density at radius 3 is 2.38 bits per heavy atom. The van der Waals surface area contributed by atoms with Crippen molar-refractivity contribution in [1.29, 1.82) is 0 Å². The van der Waals surface area contributed by atoms with Gasteiger partial charge in [0, 0.05) is 31.4 Å². The monoisotopic (exact) mass is 395 g/mol. The van der Waals surface area contributed by atoms with E-state index in [1.165, 1.54) is 0 Å². The Bertz CT molecular complexity index is 904. The van der Waals surface area contributed by atoms with Crippen molar-refractivity contribution in [3.63, 3.8) is 0 Å². The number of carbonyl (C=O) groups is 3. The number of para-hydroxylation sites is 1. The van der Waals surface area contributed by atoms with E-state index in [9.17, 15) is 14.4 Å². The molecule has 1 saturated heterocycles. The number of benzene rings is 2. The Balaban J connectivity index is 1.56. The fraction of sp³-hybridized carbons (Fsp3) is 0.318. The molecule has 3 amide bonds. The van der Waals surface area contributed by atoms with E-state index < -0.39 is 0 Å². The zero-order chi connectivity index (χ0) is 21.0. The number of nitrogens with one attached hydrogen (secondary N) is 2. The molecule has 1 aliphatic heterocycles. The van der Waals surface area contributed by atoms with Gasteiger partial charge >= 0.3 is 0 Å². The maximum absolute atomic E-state index is 12.2. The lowest BCUT2D eigenvalue weighted by Crippen LogP contribution is -2.30. The molecule has 0 radical (unpaired) electrons. The third-order valence-corrected chi connectivity index (χ3v) is 5.01. The summed E-state index contributed by atoms with van der Waals surface area (Å²) in [7, 11) is 1.57. The summed E-state index contributed by atoms with van der Waals surface area (Å²) >= 11 is 0. The van der Waals surface area contributed by atoms with Gasteiger partial charge in [-0.25, -0.2) is 0 Å². The second-order valence-corrected chi connectivity index (χ2v) is 7.12. The van der Waals surface area contributed by atoms with Crippen molar-refractivity contribution < 1.29 is 19.1 Å². The van der Waals surface area contributed by atoms with Crippen LogP contribution < -0.4 is 20.3 Å². The third kappa shape index (κ3) is 4.74. The molecule has 7 heteroatoms. The first-order chi connectivity index (χ1) is 13.9. The van der Waals surface area contributed by atoms with E-state index in [1.807, 2.05) is 32.0 Å². The van der Waals surface area contributed by atoms with Gasteiger partial charge in [-0.15, -0.1) is 0 Å². The summed E-state index contributed by atoms with van der Waals surface area (Å²) in [4.78, 5) is 37.8. The average Bonchev–Trinajstić information content (AvgIpc) is 3.11. The van der Waals surface area contributed by atoms with E-state index >= 15 is 0 Å². The summed E-state index contributed by atoms with van der Waals surface area (Å²) < 4.78 is 5.56. The van der Waals surface area contributed by atoms with Gasteiger partial charge in [-0.3, -0.25) is 14.4 Å². The van der Waals surface area contributed by atoms with E-state index in [4.69, 9.17) is 4.74 Å². The van der Waals surface area contributed by atoms with Gasteiger partial charge in [-0.05, 0) is 49.2 Å². The minimum Gasteiger partial charge on any atom is -0.484 e. The maximum atomic E-state index is 12.2. The van der Waals surface area contributed by atoms with Crippen LogP contribution in [0.3, 0.4) is 0 Å². The molecule has 1 atom stereocenters. The molecule has 7 nitrogen and oxygen atoms in total. The van der Waals surface area contributed by atoms with Gasteiger partial charge in [0.15, 0.2) is 6.61 Å². The number of hydrogen-bond donors (Lipinski definition) is 2. The van der Waals surface area contributed by atoms with Crippen molar-refractivity contribution in [2.75, 3.05) is 30.4 Å². The van der Waals surface area contributed by atoms with Crippen LogP contribution in [0.5, 0.6) is 5.75 Å². The molecule has 2 aromatic rings. The molecule has 152 valence electrons. The van der Waals surface area contributed by atoms with Crippen LogP contribution in [0, 0.1) is 19.8 Å². The minimum atomic E-state index is -0.336. The van der Waals surface area contributed by atoms with E-state index in [0.717, 1.165) is 16.8 Å². The molecule has 0 aromatic heterocycles. The summed E-state index contributed by atoms with van der Waals surface area (Å²) in [5, 5.41) is 5.46. The number of rotatable bonds is 6. The standard InChI is InChI=1S/C22H25N3O4/c1-14-5-4-6-15(2)21(14)24-19(26)13-29-18-9-7-17(8-10-18)25-12-16(11-20(25)27)22(28)23-3/h4-10,16H,11-13H2,1-3H3,(H,23,28)(H,24,26)/t16-/m1/s1. The van der Waals surface area contributed by atoms with Crippen LogP contribution in [0.4, 0.5) is 11.4 Å². The van der Waals surface area contributed by atoms with Crippen LogP contribution in [0.2, 0.25) is 0 Å². The van der Waals surface area contributed by atoms with Crippen molar-refractivity contribution in [3.05, 3.63) is 53.6 Å². The predicted octanol–water partition coefficient (Wildman–Crippen LogP) is 2.42. The number of anilines is 2. The van der Waals surface area contributed by atoms with E-state index in [-0.39, 0.29) is 36.7 Å². The first-order valence-corrected chi connectivity index (χ1v) is 9.50. The number of amides is 3. The number of nitrogens with zero attached hydrogens (tertiary/aromatic N) is 1. The van der Waals surface area contributed by atoms with Gasteiger partial charge in [0.2, 0.25) is 11.8 Å². The predicted molar refractivity (Wildman–Crippen MR) is 111 cm³/mol. The Hall–Kier alpha value is -3.35. The van der Waals surface area contributed by atoms with Crippen LogP contribution in [0.25, 0.3) is 0 Å². The van der Waals surface area contributed by atoms with Gasteiger partial charge < -0.3 is 20.3 Å². The van der Waals surface area contributed by atoms with Gasteiger partial charge in [-0.1, -0.05) is 18.2 Å². The smallest absolute Gasteiger partial charge is 0.262 e. The third-order valence-electron chi connectivity index (χ3n) is 5.01. The van der Waals surface area contributed by atoms with Crippen molar-refractivity contribution in [1.82, 2.24) is 5.32 Å². The second-order valence-electron chi connectivity index (χ2n) is 7.12. The van der Waals surface area contributed by atoms with Crippen LogP contribution in [0.1, 0.15) is 17.5 Å². The molecular formula is C22H25N3O4. The van der Waals surface area contributed by atoms with Crippen molar-refractivity contribution in [3.8, 4) is 5.75 Å². The number of ether oxygens (including phenoxy) is 1. The summed E-state index contributed by atoms with van der Waals surface area (Å²) in [6.45, 7) is 4.12. The molecule has 0 bridgehead atoms. The molecule has 29 heavy (non-hydrogen) atoms. The lowest BCUT2D eigenvalue weighted by atomic mass is 10.1. The molecule has 2 aromatic carbocycles. The molecule has 1 fully saturated rings. The average molecular weight is 395 g/mol. The second kappa shape index (κ2) is 8.77. The fourth-order valence-corrected chi connectivity index (χ4v) is 3.40. The van der Waals surface area contributed by atoms with Crippen molar-refractivity contribution in [2.45, 2.75) is 20.3 Å². The van der Waals surface area contributed by atoms with Gasteiger partial charge in [0.1, 0.15) is 5.75 Å². The minimum absolute atomic E-state index is 0.0831. The summed E-state index contributed by atoms with van der Waals surface area (Å²) in [5.74, 6) is -0.262. The SMILES string of the molecule is CNC(=O)[C@@H]1CC(=O)N(c2ccc(OCC(=O)Nc3c(C)cccc3C)cc2)C1. The highest BCUT2D eigenvalue weighted by Gasteiger charge is 2.34. The highest BCUT2D eigenvalue weighted by molar-refractivity contribution is 6.00. The zero-order valence-electron chi connectivity index (χ0n) is 16.8.